The highest BCUT2D eigenvalue weighted by Crippen LogP contribution is 2.21. The lowest BCUT2D eigenvalue weighted by atomic mass is 10.1. The molecule has 1 aromatic rings. The molecule has 0 aliphatic carbocycles. The predicted molar refractivity (Wildman–Crippen MR) is 66.2 cm³/mol. The topological polar surface area (TPSA) is 0 Å². The summed E-state index contributed by atoms with van der Waals surface area (Å²) in [6, 6.07) is 0. The van der Waals surface area contributed by atoms with Crippen LogP contribution in [0, 0.1) is 13.8 Å². The molecule has 0 aromatic carbocycles. The summed E-state index contributed by atoms with van der Waals surface area (Å²) < 4.78 is 0. The Hall–Kier alpha value is -0.560. The van der Waals surface area contributed by atoms with E-state index in [0.29, 0.717) is 0 Å². The van der Waals surface area contributed by atoms with Gasteiger partial charge >= 0.3 is 0 Å². The summed E-state index contributed by atoms with van der Waals surface area (Å²) in [5.41, 5.74) is 2.98. The van der Waals surface area contributed by atoms with Gasteiger partial charge in [-0.3, -0.25) is 0 Å². The maximum atomic E-state index is 2.32. The van der Waals surface area contributed by atoms with E-state index in [9.17, 15) is 0 Å². The van der Waals surface area contributed by atoms with Gasteiger partial charge in [0.05, 0.1) is 0 Å². The quantitative estimate of drug-likeness (QED) is 0.488. The fourth-order valence-corrected chi connectivity index (χ4v) is 2.31. The van der Waals surface area contributed by atoms with Gasteiger partial charge in [0.25, 0.3) is 0 Å². The van der Waals surface area contributed by atoms with Crippen molar-refractivity contribution in [2.45, 2.75) is 46.5 Å². The Labute approximate surface area is 91.7 Å². The Morgan fingerprint density at radius 3 is 2.64 bits per heavy atom. The molecule has 1 heterocycles. The van der Waals surface area contributed by atoms with Crippen LogP contribution >= 0.6 is 11.3 Å². The van der Waals surface area contributed by atoms with Gasteiger partial charge in [-0.25, -0.2) is 0 Å². The Balaban J connectivity index is 2.38. The van der Waals surface area contributed by atoms with Crippen molar-refractivity contribution in [1.29, 1.82) is 0 Å². The maximum absolute atomic E-state index is 2.32. The molecule has 0 radical (unpaired) electrons. The zero-order valence-corrected chi connectivity index (χ0v) is 10.3. The normalized spacial score (nSPS) is 11.4. The molecular weight excluding hydrogens is 188 g/mol. The molecule has 0 fully saturated rings. The highest BCUT2D eigenvalue weighted by Gasteiger charge is 2.00. The van der Waals surface area contributed by atoms with E-state index in [0.717, 1.165) is 6.42 Å². The molecule has 1 rings (SSSR count). The minimum absolute atomic E-state index is 1.11. The first-order valence-corrected chi connectivity index (χ1v) is 6.32. The van der Waals surface area contributed by atoms with Crippen LogP contribution in [0.1, 0.15) is 42.2 Å². The number of thiophene rings is 1. The van der Waals surface area contributed by atoms with Crippen molar-refractivity contribution in [1.82, 2.24) is 0 Å². The smallest absolute Gasteiger partial charge is 0.00463 e. The molecular formula is C13H20S. The Kier molecular flexibility index (Phi) is 4.95. The fourth-order valence-electron chi connectivity index (χ4n) is 1.41. The molecule has 1 heteroatoms. The van der Waals surface area contributed by atoms with Gasteiger partial charge in [-0.05, 0) is 43.2 Å². The molecule has 78 valence electrons. The van der Waals surface area contributed by atoms with Crippen LogP contribution in [0.4, 0.5) is 0 Å². The van der Waals surface area contributed by atoms with Crippen molar-refractivity contribution in [3.63, 3.8) is 0 Å². The minimum Gasteiger partial charge on any atom is -0.149 e. The zero-order valence-electron chi connectivity index (χ0n) is 9.47. The summed E-state index contributed by atoms with van der Waals surface area (Å²) in [6.45, 7) is 6.66. The van der Waals surface area contributed by atoms with Crippen LogP contribution in [0.15, 0.2) is 17.5 Å². The largest absolute Gasteiger partial charge is 0.149 e. The number of allylic oxidation sites excluding steroid dienone is 2. The van der Waals surface area contributed by atoms with Crippen LogP contribution in [0.5, 0.6) is 0 Å². The predicted octanol–water partition coefficient (Wildman–Crippen LogP) is 4.65. The van der Waals surface area contributed by atoms with Gasteiger partial charge in [-0.1, -0.05) is 31.9 Å². The van der Waals surface area contributed by atoms with Gasteiger partial charge in [0, 0.05) is 4.88 Å². The van der Waals surface area contributed by atoms with Crippen LogP contribution in [0.25, 0.3) is 0 Å². The van der Waals surface area contributed by atoms with Crippen molar-refractivity contribution in [3.8, 4) is 0 Å². The van der Waals surface area contributed by atoms with E-state index >= 15 is 0 Å². The molecule has 0 bridgehead atoms. The Bertz CT molecular complexity index is 294. The van der Waals surface area contributed by atoms with E-state index < -0.39 is 0 Å². The van der Waals surface area contributed by atoms with E-state index in [4.69, 9.17) is 0 Å². The van der Waals surface area contributed by atoms with Gasteiger partial charge < -0.3 is 0 Å². The maximum Gasteiger partial charge on any atom is 0.00463 e. The van der Waals surface area contributed by atoms with Crippen LogP contribution in [0.2, 0.25) is 0 Å². The molecule has 14 heavy (non-hydrogen) atoms. The van der Waals surface area contributed by atoms with Gasteiger partial charge in [0.15, 0.2) is 0 Å². The fraction of sp³-hybridized carbons (Fsp3) is 0.538. The molecule has 0 aliphatic heterocycles. The lowest BCUT2D eigenvalue weighted by Crippen LogP contribution is -1.81. The molecule has 0 amide bonds. The molecule has 0 spiro atoms. The van der Waals surface area contributed by atoms with Crippen molar-refractivity contribution >= 4 is 11.3 Å². The summed E-state index contributed by atoms with van der Waals surface area (Å²) in [4.78, 5) is 1.46. The van der Waals surface area contributed by atoms with Crippen LogP contribution in [-0.2, 0) is 6.42 Å². The monoisotopic (exact) mass is 208 g/mol. The highest BCUT2D eigenvalue weighted by atomic mass is 32.1. The lowest BCUT2D eigenvalue weighted by Gasteiger charge is -1.95. The summed E-state index contributed by atoms with van der Waals surface area (Å²) in [6.07, 6.45) is 9.58. The SMILES string of the molecule is CCCCC=CCc1csc(C)c1C. The van der Waals surface area contributed by atoms with Crippen LogP contribution in [0.3, 0.4) is 0 Å². The highest BCUT2D eigenvalue weighted by molar-refractivity contribution is 7.10. The number of unbranched alkanes of at least 4 members (excludes halogenated alkanes) is 2. The molecule has 0 atom stereocenters. The van der Waals surface area contributed by atoms with E-state index in [1.165, 1.54) is 35.3 Å². The lowest BCUT2D eigenvalue weighted by molar-refractivity contribution is 0.813. The summed E-state index contributed by atoms with van der Waals surface area (Å²) in [5, 5.41) is 2.29. The first-order valence-electron chi connectivity index (χ1n) is 5.44. The minimum atomic E-state index is 1.11. The van der Waals surface area contributed by atoms with Gasteiger partial charge in [0.1, 0.15) is 0 Å². The van der Waals surface area contributed by atoms with Crippen molar-refractivity contribution in [2.75, 3.05) is 0 Å². The van der Waals surface area contributed by atoms with Gasteiger partial charge in [-0.15, -0.1) is 11.3 Å². The second-order valence-corrected chi connectivity index (χ2v) is 4.84. The van der Waals surface area contributed by atoms with Crippen LogP contribution in [-0.4, -0.2) is 0 Å². The molecule has 0 saturated carbocycles. The third kappa shape index (κ3) is 3.30. The van der Waals surface area contributed by atoms with Crippen LogP contribution < -0.4 is 0 Å². The summed E-state index contributed by atoms with van der Waals surface area (Å²) in [7, 11) is 0. The number of rotatable bonds is 5. The first kappa shape index (κ1) is 11.5. The summed E-state index contributed by atoms with van der Waals surface area (Å²) >= 11 is 1.87. The third-order valence-corrected chi connectivity index (χ3v) is 3.68. The van der Waals surface area contributed by atoms with E-state index in [2.05, 4.69) is 38.3 Å². The molecule has 0 saturated heterocycles. The Morgan fingerprint density at radius 2 is 2.07 bits per heavy atom. The summed E-state index contributed by atoms with van der Waals surface area (Å²) in [5.74, 6) is 0. The molecule has 0 N–H and O–H groups in total. The third-order valence-electron chi connectivity index (χ3n) is 2.62. The second kappa shape index (κ2) is 6.02. The molecule has 0 aliphatic rings. The standard InChI is InChI=1S/C13H20S/c1-4-5-6-7-8-9-13-10-14-12(3)11(13)2/h7-8,10H,4-6,9H2,1-3H3. The second-order valence-electron chi connectivity index (χ2n) is 3.76. The van der Waals surface area contributed by atoms with Gasteiger partial charge in [-0.2, -0.15) is 0 Å². The number of aryl methyl sites for hydroxylation is 1. The molecule has 1 aromatic heterocycles. The first-order chi connectivity index (χ1) is 6.75. The van der Waals surface area contributed by atoms with Crippen molar-refractivity contribution in [3.05, 3.63) is 33.5 Å². The molecule has 0 nitrogen and oxygen atoms in total. The average Bonchev–Trinajstić information content (AvgIpc) is 2.49. The van der Waals surface area contributed by atoms with Gasteiger partial charge in [0.2, 0.25) is 0 Å². The van der Waals surface area contributed by atoms with E-state index in [-0.39, 0.29) is 0 Å². The van der Waals surface area contributed by atoms with E-state index in [1.807, 2.05) is 11.3 Å². The Morgan fingerprint density at radius 1 is 1.29 bits per heavy atom. The number of hydrogen-bond acceptors (Lipinski definition) is 1. The molecule has 0 unspecified atom stereocenters. The van der Waals surface area contributed by atoms with Crippen molar-refractivity contribution < 1.29 is 0 Å². The van der Waals surface area contributed by atoms with E-state index in [1.54, 1.807) is 0 Å². The van der Waals surface area contributed by atoms with Crippen molar-refractivity contribution in [2.24, 2.45) is 0 Å². The number of hydrogen-bond donors (Lipinski definition) is 0. The average molecular weight is 208 g/mol. The zero-order chi connectivity index (χ0) is 10.4.